The molecule has 1 amide bonds. The average molecular weight is 460 g/mol. The van der Waals surface area contributed by atoms with E-state index in [1.807, 2.05) is 12.3 Å². The molecule has 1 aliphatic heterocycles. The summed E-state index contributed by atoms with van der Waals surface area (Å²) in [4.78, 5) is 27.9. The maximum absolute atomic E-state index is 13.0. The van der Waals surface area contributed by atoms with E-state index in [2.05, 4.69) is 0 Å². The molecule has 152 valence electrons. The molecule has 3 aromatic rings. The second-order valence-corrected chi connectivity index (χ2v) is 8.60. The fraction of sp³-hybridized carbons (Fsp3) is 0.0909. The molecule has 8 heteroatoms. The van der Waals surface area contributed by atoms with Gasteiger partial charge < -0.3 is 10.2 Å². The van der Waals surface area contributed by atoms with E-state index in [0.29, 0.717) is 9.90 Å². The summed E-state index contributed by atoms with van der Waals surface area (Å²) in [5.74, 6) is -2.19. The van der Waals surface area contributed by atoms with E-state index in [4.69, 9.17) is 23.2 Å². The highest BCUT2D eigenvalue weighted by atomic mass is 35.5. The van der Waals surface area contributed by atoms with Crippen LogP contribution in [-0.4, -0.2) is 21.9 Å². The zero-order valence-electron chi connectivity index (χ0n) is 15.6. The van der Waals surface area contributed by atoms with Crippen LogP contribution < -0.4 is 4.90 Å². The Bertz CT molecular complexity index is 1200. The highest BCUT2D eigenvalue weighted by molar-refractivity contribution is 7.10. The van der Waals surface area contributed by atoms with Crippen molar-refractivity contribution in [3.05, 3.63) is 85.5 Å². The minimum absolute atomic E-state index is 0.0817. The van der Waals surface area contributed by atoms with Gasteiger partial charge in [-0.05, 0) is 54.3 Å². The molecule has 0 aliphatic carbocycles. The van der Waals surface area contributed by atoms with E-state index < -0.39 is 17.7 Å². The monoisotopic (exact) mass is 459 g/mol. The Labute approximate surface area is 186 Å². The van der Waals surface area contributed by atoms with Gasteiger partial charge in [-0.1, -0.05) is 35.3 Å². The number of aliphatic hydroxyl groups is 1. The molecular weight excluding hydrogens is 445 g/mol. The molecule has 4 rings (SSSR count). The first-order valence-electron chi connectivity index (χ1n) is 8.89. The minimum atomic E-state index is -0.896. The Kier molecular flexibility index (Phi) is 5.32. The van der Waals surface area contributed by atoms with Gasteiger partial charge in [0.25, 0.3) is 11.7 Å². The standard InChI is InChI=1S/C22H15Cl2NO4S/c1-11-4-7-16(26)15(9-11)25-19(17-3-2-8-30-17)18(21(28)22(25)29)20(27)12-5-6-13(23)14(24)10-12/h2-10,19,26-27H,1H3/b20-18-. The molecule has 2 aromatic carbocycles. The molecule has 0 radical (unpaired) electrons. The Morgan fingerprint density at radius 2 is 1.83 bits per heavy atom. The van der Waals surface area contributed by atoms with Crippen LogP contribution in [0.2, 0.25) is 10.0 Å². The van der Waals surface area contributed by atoms with Gasteiger partial charge in [0.05, 0.1) is 21.3 Å². The van der Waals surface area contributed by atoms with Crippen LogP contribution in [0.3, 0.4) is 0 Å². The number of phenols is 1. The van der Waals surface area contributed by atoms with Gasteiger partial charge in [0.2, 0.25) is 0 Å². The molecule has 2 N–H and O–H groups in total. The number of aromatic hydroxyl groups is 1. The summed E-state index contributed by atoms with van der Waals surface area (Å²) in [6, 6.07) is 11.9. The Hall–Kier alpha value is -2.80. The lowest BCUT2D eigenvalue weighted by Gasteiger charge is -2.25. The number of benzene rings is 2. The number of phenolic OH excluding ortho intramolecular Hbond substituents is 1. The number of halogens is 2. The number of carbonyl (C=O) groups is 2. The van der Waals surface area contributed by atoms with E-state index in [0.717, 1.165) is 5.56 Å². The van der Waals surface area contributed by atoms with Crippen molar-refractivity contribution in [1.29, 1.82) is 0 Å². The maximum Gasteiger partial charge on any atom is 0.300 e. The van der Waals surface area contributed by atoms with E-state index >= 15 is 0 Å². The number of hydrogen-bond acceptors (Lipinski definition) is 5. The van der Waals surface area contributed by atoms with Crippen LogP contribution in [0.15, 0.2) is 59.5 Å². The molecule has 1 unspecified atom stereocenters. The summed E-state index contributed by atoms with van der Waals surface area (Å²) >= 11 is 13.4. The minimum Gasteiger partial charge on any atom is -0.507 e. The third-order valence-electron chi connectivity index (χ3n) is 4.84. The van der Waals surface area contributed by atoms with Crippen molar-refractivity contribution in [2.24, 2.45) is 0 Å². The highest BCUT2D eigenvalue weighted by Crippen LogP contribution is 2.46. The van der Waals surface area contributed by atoms with Crippen LogP contribution in [0.25, 0.3) is 5.76 Å². The fourth-order valence-corrected chi connectivity index (χ4v) is 4.54. The number of thiophene rings is 1. The molecule has 1 aromatic heterocycles. The van der Waals surface area contributed by atoms with Crippen LogP contribution in [-0.2, 0) is 9.59 Å². The summed E-state index contributed by atoms with van der Waals surface area (Å²) in [7, 11) is 0. The predicted molar refractivity (Wildman–Crippen MR) is 118 cm³/mol. The average Bonchev–Trinajstić information content (AvgIpc) is 3.33. The van der Waals surface area contributed by atoms with Crippen molar-refractivity contribution in [3.8, 4) is 5.75 Å². The number of carbonyl (C=O) groups excluding carboxylic acids is 2. The number of ketones is 1. The Morgan fingerprint density at radius 3 is 2.50 bits per heavy atom. The first-order chi connectivity index (χ1) is 14.3. The van der Waals surface area contributed by atoms with E-state index in [1.165, 1.54) is 40.5 Å². The highest BCUT2D eigenvalue weighted by Gasteiger charge is 2.48. The summed E-state index contributed by atoms with van der Waals surface area (Å²) in [5.41, 5.74) is 1.18. The number of hydrogen-bond donors (Lipinski definition) is 2. The second-order valence-electron chi connectivity index (χ2n) is 6.81. The maximum atomic E-state index is 13.0. The smallest absolute Gasteiger partial charge is 0.300 e. The molecular formula is C22H15Cl2NO4S. The van der Waals surface area contributed by atoms with Crippen molar-refractivity contribution >= 4 is 57.7 Å². The zero-order valence-corrected chi connectivity index (χ0v) is 17.9. The molecule has 2 heterocycles. The third kappa shape index (κ3) is 3.37. The molecule has 1 saturated heterocycles. The zero-order chi connectivity index (χ0) is 21.6. The van der Waals surface area contributed by atoms with Gasteiger partial charge in [0.15, 0.2) is 0 Å². The molecule has 0 saturated carbocycles. The molecule has 0 spiro atoms. The quantitative estimate of drug-likeness (QED) is 0.299. The van der Waals surface area contributed by atoms with E-state index in [9.17, 15) is 19.8 Å². The molecule has 30 heavy (non-hydrogen) atoms. The molecule has 0 bridgehead atoms. The lowest BCUT2D eigenvalue weighted by molar-refractivity contribution is -0.132. The summed E-state index contributed by atoms with van der Waals surface area (Å²) in [6.07, 6.45) is 0. The van der Waals surface area contributed by atoms with Gasteiger partial charge in [0.1, 0.15) is 17.6 Å². The number of rotatable bonds is 3. The molecule has 1 aliphatic rings. The third-order valence-corrected chi connectivity index (χ3v) is 6.50. The van der Waals surface area contributed by atoms with Crippen molar-refractivity contribution in [3.63, 3.8) is 0 Å². The van der Waals surface area contributed by atoms with Gasteiger partial charge in [-0.2, -0.15) is 0 Å². The van der Waals surface area contributed by atoms with Crippen LogP contribution in [0.5, 0.6) is 5.75 Å². The number of aliphatic hydroxyl groups excluding tert-OH is 1. The molecule has 1 atom stereocenters. The number of amides is 1. The Morgan fingerprint density at radius 1 is 1.07 bits per heavy atom. The molecule has 5 nitrogen and oxygen atoms in total. The number of anilines is 1. The largest absolute Gasteiger partial charge is 0.507 e. The predicted octanol–water partition coefficient (Wildman–Crippen LogP) is 5.70. The lowest BCUT2D eigenvalue weighted by Crippen LogP contribution is -2.29. The topological polar surface area (TPSA) is 77.8 Å². The van der Waals surface area contributed by atoms with Crippen LogP contribution in [0, 0.1) is 6.92 Å². The van der Waals surface area contributed by atoms with Gasteiger partial charge in [-0.25, -0.2) is 0 Å². The fourth-order valence-electron chi connectivity index (χ4n) is 3.42. The number of aryl methyl sites for hydroxylation is 1. The second kappa shape index (κ2) is 7.80. The first-order valence-corrected chi connectivity index (χ1v) is 10.5. The first kappa shape index (κ1) is 20.5. The van der Waals surface area contributed by atoms with Crippen LogP contribution in [0.1, 0.15) is 22.0 Å². The van der Waals surface area contributed by atoms with Crippen molar-refractivity contribution in [2.75, 3.05) is 4.90 Å². The lowest BCUT2D eigenvalue weighted by atomic mass is 9.99. The van der Waals surface area contributed by atoms with Gasteiger partial charge >= 0.3 is 0 Å². The van der Waals surface area contributed by atoms with Gasteiger partial charge in [-0.15, -0.1) is 11.3 Å². The van der Waals surface area contributed by atoms with Crippen LogP contribution >= 0.6 is 34.5 Å². The number of nitrogens with zero attached hydrogens (tertiary/aromatic N) is 1. The van der Waals surface area contributed by atoms with Gasteiger partial charge in [-0.3, -0.25) is 14.5 Å². The SMILES string of the molecule is Cc1ccc(O)c(N2C(=O)C(=O)/C(=C(\O)c3ccc(Cl)c(Cl)c3)C2c2cccs2)c1. The molecule has 1 fully saturated rings. The van der Waals surface area contributed by atoms with Gasteiger partial charge in [0, 0.05) is 10.4 Å². The normalized spacial score (nSPS) is 18.2. The Balaban J connectivity index is 1.96. The van der Waals surface area contributed by atoms with Crippen LogP contribution in [0.4, 0.5) is 5.69 Å². The summed E-state index contributed by atoms with van der Waals surface area (Å²) in [6.45, 7) is 1.81. The van der Waals surface area contributed by atoms with E-state index in [-0.39, 0.29) is 33.4 Å². The van der Waals surface area contributed by atoms with Crippen molar-refractivity contribution in [2.45, 2.75) is 13.0 Å². The summed E-state index contributed by atoms with van der Waals surface area (Å²) in [5, 5.41) is 23.7. The van der Waals surface area contributed by atoms with Crippen molar-refractivity contribution < 1.29 is 19.8 Å². The summed E-state index contributed by atoms with van der Waals surface area (Å²) < 4.78 is 0. The van der Waals surface area contributed by atoms with E-state index in [1.54, 1.807) is 24.3 Å². The number of Topliss-reactive ketones (excluding diaryl/α,β-unsaturated/α-hetero) is 1. The van der Waals surface area contributed by atoms with Crippen molar-refractivity contribution in [1.82, 2.24) is 0 Å².